The minimum Gasteiger partial charge on any atom is -0.358 e. The number of amides is 1. The zero-order chi connectivity index (χ0) is 16.9. The first kappa shape index (κ1) is 16.5. The number of nitrogens with zero attached hydrogens (tertiary/aromatic N) is 2. The Morgan fingerprint density at radius 2 is 1.88 bits per heavy atom. The lowest BCUT2D eigenvalue weighted by Gasteiger charge is -2.11. The second kappa shape index (κ2) is 7.51. The van der Waals surface area contributed by atoms with Gasteiger partial charge in [-0.1, -0.05) is 47.6 Å². The number of para-hydroxylation sites is 2. The first-order chi connectivity index (χ1) is 11.7. The number of nitrogens with one attached hydrogen (secondary N) is 2. The Balaban J connectivity index is 1.98. The maximum absolute atomic E-state index is 11.4. The Morgan fingerprint density at radius 1 is 1.12 bits per heavy atom. The second-order valence-corrected chi connectivity index (χ2v) is 6.29. The van der Waals surface area contributed by atoms with E-state index in [0.717, 1.165) is 16.6 Å². The molecule has 2 N–H and O–H groups in total. The summed E-state index contributed by atoms with van der Waals surface area (Å²) in [7, 11) is 1.61. The Kier molecular flexibility index (Phi) is 5.17. The van der Waals surface area contributed by atoms with Gasteiger partial charge in [-0.15, -0.1) is 0 Å². The lowest BCUT2D eigenvalue weighted by molar-refractivity contribution is -0.118. The first-order valence-corrected chi connectivity index (χ1v) is 8.65. The summed E-state index contributed by atoms with van der Waals surface area (Å²) in [6, 6.07) is 15.2. The van der Waals surface area contributed by atoms with Crippen LogP contribution in [0.2, 0.25) is 5.02 Å². The van der Waals surface area contributed by atoms with Crippen molar-refractivity contribution in [3.8, 4) is 0 Å². The third-order valence-corrected chi connectivity index (χ3v) is 4.50. The van der Waals surface area contributed by atoms with Gasteiger partial charge in [-0.3, -0.25) is 4.79 Å². The Bertz CT molecular complexity index is 887. The molecule has 1 aromatic heterocycles. The summed E-state index contributed by atoms with van der Waals surface area (Å²) in [5.74, 6) is 0.853. The van der Waals surface area contributed by atoms with Crippen LogP contribution in [0.25, 0.3) is 10.9 Å². The van der Waals surface area contributed by atoms with E-state index in [1.165, 1.54) is 11.8 Å². The molecule has 5 nitrogen and oxygen atoms in total. The molecular formula is C17H15ClN4OS. The zero-order valence-corrected chi connectivity index (χ0v) is 14.5. The number of fused-ring (bicyclic) bond motifs is 1. The molecule has 1 amide bonds. The number of carbonyl (C=O) groups is 1. The van der Waals surface area contributed by atoms with Crippen LogP contribution in [0.4, 0.5) is 11.5 Å². The number of hydrogen-bond acceptors (Lipinski definition) is 5. The van der Waals surface area contributed by atoms with Gasteiger partial charge in [-0.05, 0) is 24.3 Å². The van der Waals surface area contributed by atoms with Gasteiger partial charge in [0.2, 0.25) is 5.91 Å². The van der Waals surface area contributed by atoms with Gasteiger partial charge in [-0.25, -0.2) is 9.97 Å². The topological polar surface area (TPSA) is 66.9 Å². The highest BCUT2D eigenvalue weighted by Crippen LogP contribution is 2.29. The molecule has 7 heteroatoms. The van der Waals surface area contributed by atoms with E-state index in [1.807, 2.05) is 48.5 Å². The van der Waals surface area contributed by atoms with Crippen molar-refractivity contribution in [2.75, 3.05) is 18.1 Å². The SMILES string of the molecule is CNC(=O)CSc1nc(Nc2ccccc2Cl)c2ccccc2n1. The quantitative estimate of drug-likeness (QED) is 0.535. The molecule has 0 spiro atoms. The highest BCUT2D eigenvalue weighted by molar-refractivity contribution is 7.99. The molecule has 0 aliphatic carbocycles. The molecule has 24 heavy (non-hydrogen) atoms. The molecule has 0 atom stereocenters. The molecule has 0 aliphatic heterocycles. The van der Waals surface area contributed by atoms with Crippen molar-refractivity contribution >= 4 is 51.7 Å². The van der Waals surface area contributed by atoms with Crippen LogP contribution in [0.1, 0.15) is 0 Å². The van der Waals surface area contributed by atoms with Crippen molar-refractivity contribution in [2.24, 2.45) is 0 Å². The minimum absolute atomic E-state index is 0.0719. The molecular weight excluding hydrogens is 344 g/mol. The molecule has 3 rings (SSSR count). The van der Waals surface area contributed by atoms with Crippen LogP contribution in [-0.2, 0) is 4.79 Å². The Labute approximate surface area is 148 Å². The predicted octanol–water partition coefficient (Wildman–Crippen LogP) is 3.86. The molecule has 0 unspecified atom stereocenters. The highest BCUT2D eigenvalue weighted by atomic mass is 35.5. The van der Waals surface area contributed by atoms with Crippen LogP contribution in [0, 0.1) is 0 Å². The van der Waals surface area contributed by atoms with E-state index in [0.29, 0.717) is 16.0 Å². The molecule has 0 saturated carbocycles. The summed E-state index contributed by atoms with van der Waals surface area (Å²) in [5.41, 5.74) is 1.58. The summed E-state index contributed by atoms with van der Waals surface area (Å²) in [4.78, 5) is 20.5. The molecule has 3 aromatic rings. The summed E-state index contributed by atoms with van der Waals surface area (Å²) < 4.78 is 0. The number of hydrogen-bond donors (Lipinski definition) is 2. The van der Waals surface area contributed by atoms with Crippen LogP contribution in [-0.4, -0.2) is 28.7 Å². The van der Waals surface area contributed by atoms with Gasteiger partial charge in [0.25, 0.3) is 0 Å². The fourth-order valence-electron chi connectivity index (χ4n) is 2.11. The van der Waals surface area contributed by atoms with Crippen molar-refractivity contribution in [1.82, 2.24) is 15.3 Å². The molecule has 0 fully saturated rings. The maximum atomic E-state index is 11.4. The standard InChI is InChI=1S/C17H15ClN4OS/c1-19-15(23)10-24-17-21-13-8-4-2-6-11(13)16(22-17)20-14-9-5-3-7-12(14)18/h2-9H,10H2,1H3,(H,19,23)(H,20,21,22). The number of benzene rings is 2. The average molecular weight is 359 g/mol. The molecule has 2 aromatic carbocycles. The summed E-state index contributed by atoms with van der Waals surface area (Å²) in [6.45, 7) is 0. The largest absolute Gasteiger partial charge is 0.358 e. The smallest absolute Gasteiger partial charge is 0.230 e. The minimum atomic E-state index is -0.0719. The van der Waals surface area contributed by atoms with Crippen molar-refractivity contribution in [3.63, 3.8) is 0 Å². The van der Waals surface area contributed by atoms with Crippen molar-refractivity contribution in [2.45, 2.75) is 5.16 Å². The van der Waals surface area contributed by atoms with Crippen molar-refractivity contribution < 1.29 is 4.79 Å². The van der Waals surface area contributed by atoms with Gasteiger partial charge < -0.3 is 10.6 Å². The maximum Gasteiger partial charge on any atom is 0.230 e. The van der Waals surface area contributed by atoms with Crippen molar-refractivity contribution in [1.29, 1.82) is 0 Å². The van der Waals surface area contributed by atoms with E-state index in [9.17, 15) is 4.79 Å². The number of aromatic nitrogens is 2. The van der Waals surface area contributed by atoms with E-state index < -0.39 is 0 Å². The van der Waals surface area contributed by atoms with E-state index in [1.54, 1.807) is 7.05 Å². The first-order valence-electron chi connectivity index (χ1n) is 7.29. The van der Waals surface area contributed by atoms with Gasteiger partial charge in [0, 0.05) is 12.4 Å². The van der Waals surface area contributed by atoms with Crippen LogP contribution in [0.15, 0.2) is 53.7 Å². The molecule has 1 heterocycles. The summed E-state index contributed by atoms with van der Waals surface area (Å²) in [6.07, 6.45) is 0. The second-order valence-electron chi connectivity index (χ2n) is 4.94. The fraction of sp³-hybridized carbons (Fsp3) is 0.118. The van der Waals surface area contributed by atoms with Gasteiger partial charge in [-0.2, -0.15) is 0 Å². The lowest BCUT2D eigenvalue weighted by atomic mass is 10.2. The highest BCUT2D eigenvalue weighted by Gasteiger charge is 2.11. The van der Waals surface area contributed by atoms with Crippen LogP contribution < -0.4 is 10.6 Å². The van der Waals surface area contributed by atoms with Gasteiger partial charge >= 0.3 is 0 Å². The van der Waals surface area contributed by atoms with Crippen LogP contribution in [0.5, 0.6) is 0 Å². The summed E-state index contributed by atoms with van der Waals surface area (Å²) >= 11 is 7.51. The summed E-state index contributed by atoms with van der Waals surface area (Å²) in [5, 5.41) is 7.88. The number of anilines is 2. The van der Waals surface area contributed by atoms with Crippen molar-refractivity contribution in [3.05, 3.63) is 53.6 Å². The molecule has 0 aliphatic rings. The molecule has 0 radical (unpaired) electrons. The van der Waals surface area contributed by atoms with Gasteiger partial charge in [0.05, 0.1) is 22.0 Å². The fourth-order valence-corrected chi connectivity index (χ4v) is 3.01. The third-order valence-electron chi connectivity index (χ3n) is 3.32. The number of halogens is 1. The number of thioether (sulfide) groups is 1. The van der Waals surface area contributed by atoms with Gasteiger partial charge in [0.1, 0.15) is 5.82 Å². The Hall–Kier alpha value is -2.31. The number of rotatable bonds is 5. The normalized spacial score (nSPS) is 10.6. The van der Waals surface area contributed by atoms with Gasteiger partial charge in [0.15, 0.2) is 5.16 Å². The van der Waals surface area contributed by atoms with E-state index in [-0.39, 0.29) is 11.7 Å². The zero-order valence-electron chi connectivity index (χ0n) is 12.9. The predicted molar refractivity (Wildman–Crippen MR) is 99.1 cm³/mol. The molecule has 122 valence electrons. The molecule has 0 saturated heterocycles. The lowest BCUT2D eigenvalue weighted by Crippen LogP contribution is -2.19. The van der Waals surface area contributed by atoms with Crippen LogP contribution in [0.3, 0.4) is 0 Å². The number of carbonyl (C=O) groups excluding carboxylic acids is 1. The Morgan fingerprint density at radius 3 is 2.67 bits per heavy atom. The van der Waals surface area contributed by atoms with E-state index in [4.69, 9.17) is 11.6 Å². The average Bonchev–Trinajstić information content (AvgIpc) is 2.61. The molecule has 0 bridgehead atoms. The third kappa shape index (κ3) is 3.77. The van der Waals surface area contributed by atoms with Crippen LogP contribution >= 0.6 is 23.4 Å². The van der Waals surface area contributed by atoms with E-state index >= 15 is 0 Å². The monoisotopic (exact) mass is 358 g/mol. The van der Waals surface area contributed by atoms with E-state index in [2.05, 4.69) is 20.6 Å².